The van der Waals surface area contributed by atoms with Gasteiger partial charge in [0.2, 0.25) is 5.91 Å². The Balaban J connectivity index is 1.60. The van der Waals surface area contributed by atoms with Crippen LogP contribution in [0.4, 0.5) is 14.6 Å². The van der Waals surface area contributed by atoms with Crippen LogP contribution < -0.4 is 10.1 Å². The van der Waals surface area contributed by atoms with Crippen molar-refractivity contribution in [3.63, 3.8) is 0 Å². The lowest BCUT2D eigenvalue weighted by Crippen LogP contribution is -2.27. The minimum absolute atomic E-state index is 0.0590. The van der Waals surface area contributed by atoms with Gasteiger partial charge in [-0.25, -0.2) is 23.7 Å². The Kier molecular flexibility index (Phi) is 5.15. The van der Waals surface area contributed by atoms with Crippen molar-refractivity contribution in [1.29, 1.82) is 0 Å². The van der Waals surface area contributed by atoms with Crippen LogP contribution in [0.15, 0.2) is 48.8 Å². The maximum Gasteiger partial charge on any atom is 0.229 e. The summed E-state index contributed by atoms with van der Waals surface area (Å²) in [5.74, 6) is -0.706. The predicted molar refractivity (Wildman–Crippen MR) is 106 cm³/mol. The zero-order chi connectivity index (χ0) is 21.3. The lowest BCUT2D eigenvalue weighted by molar-refractivity contribution is -0.117. The van der Waals surface area contributed by atoms with E-state index < -0.39 is 23.0 Å². The summed E-state index contributed by atoms with van der Waals surface area (Å²) in [6.45, 7) is 3.62. The van der Waals surface area contributed by atoms with E-state index in [4.69, 9.17) is 4.74 Å². The third-order valence-electron chi connectivity index (χ3n) is 5.29. The smallest absolute Gasteiger partial charge is 0.229 e. The van der Waals surface area contributed by atoms with Crippen LogP contribution in [0.2, 0.25) is 0 Å². The van der Waals surface area contributed by atoms with E-state index in [2.05, 4.69) is 20.3 Å². The zero-order valence-corrected chi connectivity index (χ0v) is 16.5. The highest BCUT2D eigenvalue weighted by molar-refractivity contribution is 5.95. The van der Waals surface area contributed by atoms with Gasteiger partial charge in [-0.1, -0.05) is 6.07 Å². The molecule has 1 unspecified atom stereocenters. The molecule has 0 aliphatic heterocycles. The third kappa shape index (κ3) is 3.98. The van der Waals surface area contributed by atoms with Crippen molar-refractivity contribution in [2.45, 2.75) is 25.7 Å². The number of nitrogens with zero attached hydrogens (tertiary/aromatic N) is 3. The van der Waals surface area contributed by atoms with Crippen molar-refractivity contribution in [2.75, 3.05) is 11.9 Å². The molecule has 1 fully saturated rings. The van der Waals surface area contributed by atoms with E-state index in [1.54, 1.807) is 44.4 Å². The summed E-state index contributed by atoms with van der Waals surface area (Å²) in [6, 6.07) is 8.48. The van der Waals surface area contributed by atoms with E-state index in [9.17, 15) is 13.6 Å². The average molecular weight is 410 g/mol. The van der Waals surface area contributed by atoms with Gasteiger partial charge in [0.05, 0.1) is 24.4 Å². The zero-order valence-electron chi connectivity index (χ0n) is 16.5. The van der Waals surface area contributed by atoms with Gasteiger partial charge in [-0.05, 0) is 50.1 Å². The van der Waals surface area contributed by atoms with Crippen molar-refractivity contribution in [3.8, 4) is 5.75 Å². The molecular formula is C22H20F2N4O2. The van der Waals surface area contributed by atoms with E-state index in [1.165, 1.54) is 12.1 Å². The molecule has 1 N–H and O–H groups in total. The Bertz CT molecular complexity index is 1070. The first-order valence-corrected chi connectivity index (χ1v) is 9.49. The average Bonchev–Trinajstić information content (AvgIpc) is 3.44. The van der Waals surface area contributed by atoms with Gasteiger partial charge in [0.1, 0.15) is 23.3 Å². The summed E-state index contributed by atoms with van der Waals surface area (Å²) in [4.78, 5) is 25.3. The Morgan fingerprint density at radius 1 is 1.20 bits per heavy atom. The monoisotopic (exact) mass is 410 g/mol. The highest BCUT2D eigenvalue weighted by atomic mass is 19.1. The lowest BCUT2D eigenvalue weighted by Gasteiger charge is -2.20. The minimum Gasteiger partial charge on any atom is -0.489 e. The Morgan fingerprint density at radius 2 is 1.97 bits per heavy atom. The number of aryl methyl sites for hydroxylation is 2. The van der Waals surface area contributed by atoms with E-state index in [0.29, 0.717) is 35.1 Å². The van der Waals surface area contributed by atoms with Crippen LogP contribution in [0.1, 0.15) is 23.5 Å². The largest absolute Gasteiger partial charge is 0.489 e. The number of ether oxygens (including phenoxy) is 1. The molecular weight excluding hydrogens is 390 g/mol. The quantitative estimate of drug-likeness (QED) is 0.670. The first kappa shape index (κ1) is 19.9. The first-order chi connectivity index (χ1) is 14.4. The molecule has 154 valence electrons. The molecule has 0 bridgehead atoms. The van der Waals surface area contributed by atoms with Crippen molar-refractivity contribution < 1.29 is 18.3 Å². The molecule has 0 spiro atoms. The molecule has 1 amide bonds. The van der Waals surface area contributed by atoms with E-state index in [1.807, 2.05) is 0 Å². The van der Waals surface area contributed by atoms with E-state index in [-0.39, 0.29) is 12.5 Å². The summed E-state index contributed by atoms with van der Waals surface area (Å²) in [7, 11) is 0. The first-order valence-electron chi connectivity index (χ1n) is 9.49. The summed E-state index contributed by atoms with van der Waals surface area (Å²) in [5.41, 5.74) is 0.170. The predicted octanol–water partition coefficient (Wildman–Crippen LogP) is 3.74. The standard InChI is InChI=1S/C22H20F2N4O2/c1-13-19(11-26-14(2)27-13)30-12-22(15-7-16(23)9-17(24)8-15)10-18(22)21(29)28-20-5-3-4-6-25-20/h3-9,11,18H,10,12H2,1-2H3,(H,25,28,29)/t18?,22-/m1/s1. The van der Waals surface area contributed by atoms with E-state index in [0.717, 1.165) is 6.07 Å². The van der Waals surface area contributed by atoms with Gasteiger partial charge < -0.3 is 10.1 Å². The molecule has 2 aromatic heterocycles. The van der Waals surface area contributed by atoms with Crippen LogP contribution in [0.5, 0.6) is 5.75 Å². The number of amides is 1. The maximum atomic E-state index is 13.9. The van der Waals surface area contributed by atoms with Crippen molar-refractivity contribution >= 4 is 11.7 Å². The normalized spacial score (nSPS) is 19.9. The highest BCUT2D eigenvalue weighted by Crippen LogP contribution is 2.55. The van der Waals surface area contributed by atoms with Gasteiger partial charge in [-0.15, -0.1) is 0 Å². The topological polar surface area (TPSA) is 77.0 Å². The molecule has 6 nitrogen and oxygen atoms in total. The second-order valence-corrected chi connectivity index (χ2v) is 7.43. The maximum absolute atomic E-state index is 13.9. The van der Waals surface area contributed by atoms with Crippen LogP contribution in [0.3, 0.4) is 0 Å². The van der Waals surface area contributed by atoms with Gasteiger partial charge in [-0.2, -0.15) is 0 Å². The molecule has 1 aliphatic rings. The molecule has 1 aromatic carbocycles. The fourth-order valence-electron chi connectivity index (χ4n) is 3.62. The minimum atomic E-state index is -0.862. The summed E-state index contributed by atoms with van der Waals surface area (Å²) in [5, 5.41) is 2.76. The molecule has 0 radical (unpaired) electrons. The summed E-state index contributed by atoms with van der Waals surface area (Å²) in [6.07, 6.45) is 3.52. The van der Waals surface area contributed by atoms with Crippen LogP contribution in [0, 0.1) is 31.4 Å². The number of benzene rings is 1. The SMILES string of the molecule is Cc1ncc(OC[C@@]2(c3cc(F)cc(F)c3)CC2C(=O)Nc2ccccn2)c(C)n1. The third-order valence-corrected chi connectivity index (χ3v) is 5.29. The number of hydrogen-bond donors (Lipinski definition) is 1. The Labute approximate surface area is 172 Å². The number of halogens is 2. The molecule has 2 atom stereocenters. The van der Waals surface area contributed by atoms with Crippen LogP contribution in [0.25, 0.3) is 0 Å². The Morgan fingerprint density at radius 3 is 2.63 bits per heavy atom. The van der Waals surface area contributed by atoms with E-state index >= 15 is 0 Å². The molecule has 1 aliphatic carbocycles. The molecule has 3 aromatic rings. The molecule has 0 saturated heterocycles. The fourth-order valence-corrected chi connectivity index (χ4v) is 3.62. The Hall–Kier alpha value is -3.42. The van der Waals surface area contributed by atoms with Gasteiger partial charge in [0.25, 0.3) is 0 Å². The number of nitrogens with one attached hydrogen (secondary N) is 1. The van der Waals surface area contributed by atoms with Crippen LogP contribution in [-0.2, 0) is 10.2 Å². The lowest BCUT2D eigenvalue weighted by atomic mass is 9.93. The number of anilines is 1. The van der Waals surface area contributed by atoms with Gasteiger partial charge in [-0.3, -0.25) is 4.79 Å². The number of rotatable bonds is 6. The molecule has 1 saturated carbocycles. The number of pyridine rings is 1. The van der Waals surface area contributed by atoms with Gasteiger partial charge in [0.15, 0.2) is 5.75 Å². The van der Waals surface area contributed by atoms with Crippen LogP contribution in [-0.4, -0.2) is 27.5 Å². The molecule has 8 heteroatoms. The second-order valence-electron chi connectivity index (χ2n) is 7.43. The number of carbonyl (C=O) groups is 1. The molecule has 4 rings (SSSR count). The highest BCUT2D eigenvalue weighted by Gasteiger charge is 2.60. The van der Waals surface area contributed by atoms with Crippen molar-refractivity contribution in [1.82, 2.24) is 15.0 Å². The molecule has 2 heterocycles. The van der Waals surface area contributed by atoms with Crippen LogP contribution >= 0.6 is 0 Å². The number of carbonyl (C=O) groups excluding carboxylic acids is 1. The second kappa shape index (κ2) is 7.78. The van der Waals surface area contributed by atoms with Gasteiger partial charge >= 0.3 is 0 Å². The number of aromatic nitrogens is 3. The summed E-state index contributed by atoms with van der Waals surface area (Å²) >= 11 is 0. The fraction of sp³-hybridized carbons (Fsp3) is 0.273. The molecule has 30 heavy (non-hydrogen) atoms. The number of hydrogen-bond acceptors (Lipinski definition) is 5. The van der Waals surface area contributed by atoms with Crippen molar-refractivity contribution in [2.24, 2.45) is 5.92 Å². The van der Waals surface area contributed by atoms with Crippen molar-refractivity contribution in [3.05, 3.63) is 77.5 Å². The van der Waals surface area contributed by atoms with Gasteiger partial charge in [0, 0.05) is 17.7 Å². The summed E-state index contributed by atoms with van der Waals surface area (Å²) < 4.78 is 33.8.